The average molecular weight is 326 g/mol. The number of fused-ring (bicyclic) bond motifs is 3. The number of likely N-dealkylation sites (tertiary alicyclic amines) is 1. The number of halogens is 1. The predicted molar refractivity (Wildman–Crippen MR) is 96.9 cm³/mol. The molecule has 1 saturated heterocycles. The quantitative estimate of drug-likeness (QED) is 0.739. The van der Waals surface area contributed by atoms with Crippen molar-refractivity contribution < 1.29 is 0 Å². The third-order valence-corrected chi connectivity index (χ3v) is 6.57. The lowest BCUT2D eigenvalue weighted by atomic mass is 9.61. The van der Waals surface area contributed by atoms with Gasteiger partial charge in [0, 0.05) is 30.6 Å². The normalized spacial score (nSPS) is 30.0. The van der Waals surface area contributed by atoms with Crippen molar-refractivity contribution in [1.29, 1.82) is 0 Å². The van der Waals surface area contributed by atoms with Gasteiger partial charge in [0.15, 0.2) is 0 Å². The number of rotatable bonds is 2. The Hall–Kier alpha value is -1.31. The van der Waals surface area contributed by atoms with Gasteiger partial charge in [-0.2, -0.15) is 0 Å². The minimum atomic E-state index is 0.354. The molecular formula is C21H24ClN. The molecule has 2 aromatic rings. The van der Waals surface area contributed by atoms with E-state index in [2.05, 4.69) is 61.2 Å². The van der Waals surface area contributed by atoms with E-state index in [-0.39, 0.29) is 0 Å². The summed E-state index contributed by atoms with van der Waals surface area (Å²) in [7, 11) is 0. The van der Waals surface area contributed by atoms with Gasteiger partial charge in [0.05, 0.1) is 0 Å². The summed E-state index contributed by atoms with van der Waals surface area (Å²) < 4.78 is 0. The molecule has 120 valence electrons. The molecular weight excluding hydrogens is 302 g/mol. The second-order valence-corrected chi connectivity index (χ2v) is 8.03. The highest BCUT2D eigenvalue weighted by Gasteiger charge is 2.50. The first kappa shape index (κ1) is 15.2. The molecule has 0 aromatic heterocycles. The van der Waals surface area contributed by atoms with E-state index in [4.69, 9.17) is 11.6 Å². The van der Waals surface area contributed by atoms with E-state index < -0.39 is 0 Å². The zero-order chi connectivity index (χ0) is 16.0. The van der Waals surface area contributed by atoms with Crippen LogP contribution in [0.5, 0.6) is 0 Å². The lowest BCUT2D eigenvalue weighted by Crippen LogP contribution is -2.38. The van der Waals surface area contributed by atoms with Crippen LogP contribution in [0, 0.1) is 11.3 Å². The van der Waals surface area contributed by atoms with E-state index in [1.54, 1.807) is 0 Å². The number of benzene rings is 2. The third kappa shape index (κ3) is 2.51. The zero-order valence-electron chi connectivity index (χ0n) is 13.9. The van der Waals surface area contributed by atoms with Crippen molar-refractivity contribution >= 4 is 11.6 Å². The summed E-state index contributed by atoms with van der Waals surface area (Å²) >= 11 is 6.50. The largest absolute Gasteiger partial charge is 0.298 e. The van der Waals surface area contributed by atoms with Gasteiger partial charge in [0.25, 0.3) is 0 Å². The van der Waals surface area contributed by atoms with E-state index in [1.165, 1.54) is 23.2 Å². The van der Waals surface area contributed by atoms with E-state index in [1.807, 2.05) is 6.07 Å². The van der Waals surface area contributed by atoms with Crippen LogP contribution in [-0.2, 0) is 13.0 Å². The lowest BCUT2D eigenvalue weighted by molar-refractivity contribution is 0.165. The van der Waals surface area contributed by atoms with Crippen LogP contribution in [-0.4, -0.2) is 18.0 Å². The Morgan fingerprint density at radius 2 is 1.91 bits per heavy atom. The van der Waals surface area contributed by atoms with Crippen LogP contribution in [0.2, 0.25) is 5.02 Å². The molecule has 2 aliphatic rings. The predicted octanol–water partition coefficient (Wildman–Crippen LogP) is 5.14. The SMILES string of the molecule is CC1Cc2c(Cl)cccc2C2CN(Cc3ccccc3)CC12C. The van der Waals surface area contributed by atoms with Gasteiger partial charge < -0.3 is 0 Å². The van der Waals surface area contributed by atoms with E-state index >= 15 is 0 Å². The molecule has 1 nitrogen and oxygen atoms in total. The first-order valence-corrected chi connectivity index (χ1v) is 8.99. The van der Waals surface area contributed by atoms with Crippen LogP contribution in [0.4, 0.5) is 0 Å². The van der Waals surface area contributed by atoms with E-state index in [0.717, 1.165) is 24.5 Å². The summed E-state index contributed by atoms with van der Waals surface area (Å²) in [6.07, 6.45) is 1.11. The molecule has 0 saturated carbocycles. The molecule has 0 spiro atoms. The Morgan fingerprint density at radius 3 is 2.70 bits per heavy atom. The summed E-state index contributed by atoms with van der Waals surface area (Å²) in [6.45, 7) is 8.26. The fourth-order valence-corrected chi connectivity index (χ4v) is 4.95. The summed E-state index contributed by atoms with van der Waals surface area (Å²) in [4.78, 5) is 2.63. The number of hydrogen-bond donors (Lipinski definition) is 0. The van der Waals surface area contributed by atoms with Gasteiger partial charge in [-0.1, -0.05) is 67.9 Å². The van der Waals surface area contributed by atoms with Gasteiger partial charge in [-0.25, -0.2) is 0 Å². The second-order valence-electron chi connectivity index (χ2n) is 7.63. The molecule has 23 heavy (non-hydrogen) atoms. The first-order valence-electron chi connectivity index (χ1n) is 8.61. The topological polar surface area (TPSA) is 3.24 Å². The van der Waals surface area contributed by atoms with Crippen molar-refractivity contribution in [3.63, 3.8) is 0 Å². The molecule has 1 aliphatic carbocycles. The minimum Gasteiger partial charge on any atom is -0.298 e. The molecule has 1 aliphatic heterocycles. The summed E-state index contributed by atoms with van der Waals surface area (Å²) in [5.74, 6) is 1.27. The van der Waals surface area contributed by atoms with Crippen LogP contribution < -0.4 is 0 Å². The highest BCUT2D eigenvalue weighted by atomic mass is 35.5. The Balaban J connectivity index is 1.65. The van der Waals surface area contributed by atoms with Crippen molar-refractivity contribution in [2.24, 2.45) is 11.3 Å². The molecule has 3 atom stereocenters. The van der Waals surface area contributed by atoms with Crippen molar-refractivity contribution in [2.45, 2.75) is 32.7 Å². The van der Waals surface area contributed by atoms with Crippen LogP contribution >= 0.6 is 11.6 Å². The van der Waals surface area contributed by atoms with Gasteiger partial charge in [0.1, 0.15) is 0 Å². The minimum absolute atomic E-state index is 0.354. The fraction of sp³-hybridized carbons (Fsp3) is 0.429. The third-order valence-electron chi connectivity index (χ3n) is 6.22. The van der Waals surface area contributed by atoms with Crippen molar-refractivity contribution in [3.05, 3.63) is 70.2 Å². The number of nitrogens with zero attached hydrogens (tertiary/aromatic N) is 1. The van der Waals surface area contributed by atoms with E-state index in [0.29, 0.717) is 17.3 Å². The molecule has 0 bridgehead atoms. The zero-order valence-corrected chi connectivity index (χ0v) is 14.7. The highest BCUT2D eigenvalue weighted by Crippen LogP contribution is 2.54. The van der Waals surface area contributed by atoms with Crippen LogP contribution in [0.3, 0.4) is 0 Å². The molecule has 1 heterocycles. The summed E-state index contributed by atoms with van der Waals surface area (Å²) in [5.41, 5.74) is 4.65. The van der Waals surface area contributed by atoms with Gasteiger partial charge in [-0.05, 0) is 40.5 Å². The Morgan fingerprint density at radius 1 is 1.13 bits per heavy atom. The monoisotopic (exact) mass is 325 g/mol. The maximum absolute atomic E-state index is 6.50. The van der Waals surface area contributed by atoms with Crippen LogP contribution in [0.1, 0.15) is 36.5 Å². The average Bonchev–Trinajstić information content (AvgIpc) is 2.88. The molecule has 3 unspecified atom stereocenters. The van der Waals surface area contributed by atoms with Crippen molar-refractivity contribution in [2.75, 3.05) is 13.1 Å². The molecule has 0 amide bonds. The van der Waals surface area contributed by atoms with Crippen molar-refractivity contribution in [1.82, 2.24) is 4.90 Å². The smallest absolute Gasteiger partial charge is 0.0440 e. The standard InChI is InChI=1S/C21H24ClN/c1-15-11-18-17(9-6-10-20(18)22)19-13-23(14-21(15,19)2)12-16-7-4-3-5-8-16/h3-10,15,19H,11-14H2,1-2H3. The maximum Gasteiger partial charge on any atom is 0.0440 e. The maximum atomic E-state index is 6.50. The van der Waals surface area contributed by atoms with Gasteiger partial charge in [-0.15, -0.1) is 0 Å². The second kappa shape index (κ2) is 5.65. The highest BCUT2D eigenvalue weighted by molar-refractivity contribution is 6.31. The first-order chi connectivity index (χ1) is 11.1. The summed E-state index contributed by atoms with van der Waals surface area (Å²) in [6, 6.07) is 17.3. The van der Waals surface area contributed by atoms with Gasteiger partial charge in [0.2, 0.25) is 0 Å². The molecule has 0 radical (unpaired) electrons. The van der Waals surface area contributed by atoms with E-state index in [9.17, 15) is 0 Å². The molecule has 0 N–H and O–H groups in total. The Kier molecular flexibility index (Phi) is 3.74. The summed E-state index contributed by atoms with van der Waals surface area (Å²) in [5, 5.41) is 0.956. The van der Waals surface area contributed by atoms with Gasteiger partial charge in [-0.3, -0.25) is 4.90 Å². The Bertz CT molecular complexity index is 711. The van der Waals surface area contributed by atoms with Gasteiger partial charge >= 0.3 is 0 Å². The lowest BCUT2D eigenvalue weighted by Gasteiger charge is -2.42. The van der Waals surface area contributed by atoms with Crippen LogP contribution in [0.15, 0.2) is 48.5 Å². The fourth-order valence-electron chi connectivity index (χ4n) is 4.69. The molecule has 4 rings (SSSR count). The number of hydrogen-bond acceptors (Lipinski definition) is 1. The molecule has 1 fully saturated rings. The van der Waals surface area contributed by atoms with Crippen molar-refractivity contribution in [3.8, 4) is 0 Å². The Labute approximate surface area is 144 Å². The van der Waals surface area contributed by atoms with Crippen LogP contribution in [0.25, 0.3) is 0 Å². The molecule has 2 aromatic carbocycles. The molecule has 2 heteroatoms.